The molecule has 0 saturated carbocycles. The molecule has 1 amide bonds. The number of carbonyl (C=O) groups excluding carboxylic acids is 1. The molecule has 1 atom stereocenters. The van der Waals surface area contributed by atoms with E-state index < -0.39 is 16.1 Å². The molecule has 0 aliphatic rings. The molecule has 26 heavy (non-hydrogen) atoms. The summed E-state index contributed by atoms with van der Waals surface area (Å²) in [7, 11) is -3.63. The van der Waals surface area contributed by atoms with Gasteiger partial charge in [-0.15, -0.1) is 0 Å². The van der Waals surface area contributed by atoms with E-state index in [0.29, 0.717) is 11.4 Å². The number of hydrogen-bond donors (Lipinski definition) is 1. The van der Waals surface area contributed by atoms with Crippen LogP contribution in [-0.4, -0.2) is 26.6 Å². The second kappa shape index (κ2) is 7.50. The van der Waals surface area contributed by atoms with Crippen LogP contribution in [0.4, 0.5) is 11.4 Å². The quantitative estimate of drug-likeness (QED) is 0.867. The van der Waals surface area contributed by atoms with E-state index in [1.807, 2.05) is 52.0 Å². The number of rotatable bonds is 5. The van der Waals surface area contributed by atoms with Crippen LogP contribution in [-0.2, 0) is 14.8 Å². The molecule has 0 radical (unpaired) electrons. The number of sulfonamides is 1. The average Bonchev–Trinajstić information content (AvgIpc) is 2.53. The Labute approximate surface area is 156 Å². The molecule has 6 heteroatoms. The van der Waals surface area contributed by atoms with E-state index in [-0.39, 0.29) is 5.91 Å². The van der Waals surface area contributed by atoms with Crippen molar-refractivity contribution in [1.29, 1.82) is 0 Å². The summed E-state index contributed by atoms with van der Waals surface area (Å²) in [5, 5.41) is 2.81. The summed E-state index contributed by atoms with van der Waals surface area (Å²) >= 11 is 0. The van der Waals surface area contributed by atoms with Gasteiger partial charge in [-0.1, -0.05) is 12.1 Å². The summed E-state index contributed by atoms with van der Waals surface area (Å²) in [5.74, 6) is -0.378. The molecule has 0 fully saturated rings. The third-order valence-electron chi connectivity index (χ3n) is 4.61. The molecule has 0 bridgehead atoms. The topological polar surface area (TPSA) is 66.5 Å². The standard InChI is InChI=1S/C20H26N2O3S/c1-13-7-9-18(11-15(13)3)21-20(23)17(5)22(26(6,24)25)19-10-8-14(2)16(4)12-19/h7-12,17H,1-6H3,(H,21,23)/t17-/m1/s1. The van der Waals surface area contributed by atoms with Crippen molar-refractivity contribution in [3.8, 4) is 0 Å². The van der Waals surface area contributed by atoms with E-state index in [2.05, 4.69) is 5.32 Å². The van der Waals surface area contributed by atoms with Gasteiger partial charge in [0, 0.05) is 5.69 Å². The number of nitrogens with zero attached hydrogens (tertiary/aromatic N) is 1. The SMILES string of the molecule is Cc1ccc(NC(=O)[C@@H](C)N(c2ccc(C)c(C)c2)S(C)(=O)=O)cc1C. The average molecular weight is 375 g/mol. The lowest BCUT2D eigenvalue weighted by atomic mass is 10.1. The fourth-order valence-corrected chi connectivity index (χ4v) is 3.90. The molecule has 2 aromatic carbocycles. The Bertz CT molecular complexity index is 936. The number of amides is 1. The molecule has 0 saturated heterocycles. The summed E-state index contributed by atoms with van der Waals surface area (Å²) in [5.41, 5.74) is 5.36. The van der Waals surface area contributed by atoms with Gasteiger partial charge in [-0.2, -0.15) is 0 Å². The first-order valence-electron chi connectivity index (χ1n) is 8.45. The van der Waals surface area contributed by atoms with Gasteiger partial charge in [-0.3, -0.25) is 9.10 Å². The lowest BCUT2D eigenvalue weighted by molar-refractivity contribution is -0.116. The molecule has 1 N–H and O–H groups in total. The zero-order chi connectivity index (χ0) is 19.6. The first-order valence-corrected chi connectivity index (χ1v) is 10.3. The molecule has 0 spiro atoms. The van der Waals surface area contributed by atoms with Crippen molar-refractivity contribution in [2.45, 2.75) is 40.7 Å². The molecule has 140 valence electrons. The van der Waals surface area contributed by atoms with Gasteiger partial charge >= 0.3 is 0 Å². The Morgan fingerprint density at radius 2 is 1.46 bits per heavy atom. The highest BCUT2D eigenvalue weighted by Crippen LogP contribution is 2.24. The van der Waals surface area contributed by atoms with E-state index in [1.165, 1.54) is 0 Å². The van der Waals surface area contributed by atoms with Crippen molar-refractivity contribution >= 4 is 27.3 Å². The van der Waals surface area contributed by atoms with Crippen molar-refractivity contribution in [2.24, 2.45) is 0 Å². The van der Waals surface area contributed by atoms with Crippen LogP contribution >= 0.6 is 0 Å². The molecule has 0 aromatic heterocycles. The number of benzene rings is 2. The zero-order valence-corrected chi connectivity index (χ0v) is 16.9. The summed E-state index contributed by atoms with van der Waals surface area (Å²) in [4.78, 5) is 12.7. The van der Waals surface area contributed by atoms with Crippen LogP contribution in [0.1, 0.15) is 29.2 Å². The lowest BCUT2D eigenvalue weighted by Crippen LogP contribution is -2.45. The summed E-state index contributed by atoms with van der Waals surface area (Å²) in [6.07, 6.45) is 1.11. The first-order chi connectivity index (χ1) is 12.0. The highest BCUT2D eigenvalue weighted by atomic mass is 32.2. The monoisotopic (exact) mass is 374 g/mol. The highest BCUT2D eigenvalue weighted by Gasteiger charge is 2.29. The van der Waals surface area contributed by atoms with Crippen LogP contribution in [0, 0.1) is 27.7 Å². The van der Waals surface area contributed by atoms with E-state index in [1.54, 1.807) is 19.1 Å². The van der Waals surface area contributed by atoms with Crippen LogP contribution in [0.3, 0.4) is 0 Å². The lowest BCUT2D eigenvalue weighted by Gasteiger charge is -2.28. The van der Waals surface area contributed by atoms with Gasteiger partial charge in [-0.05, 0) is 81.1 Å². The molecule has 5 nitrogen and oxygen atoms in total. The van der Waals surface area contributed by atoms with Gasteiger partial charge in [0.1, 0.15) is 6.04 Å². The summed E-state index contributed by atoms with van der Waals surface area (Å²) in [6, 6.07) is 10.1. The fourth-order valence-electron chi connectivity index (χ4n) is 2.74. The number of nitrogens with one attached hydrogen (secondary N) is 1. The van der Waals surface area contributed by atoms with Crippen molar-refractivity contribution < 1.29 is 13.2 Å². The van der Waals surface area contributed by atoms with E-state index >= 15 is 0 Å². The highest BCUT2D eigenvalue weighted by molar-refractivity contribution is 7.92. The Morgan fingerprint density at radius 3 is 1.96 bits per heavy atom. The second-order valence-electron chi connectivity index (χ2n) is 6.79. The second-order valence-corrected chi connectivity index (χ2v) is 8.65. The van der Waals surface area contributed by atoms with E-state index in [9.17, 15) is 13.2 Å². The third-order valence-corrected chi connectivity index (χ3v) is 5.85. The number of hydrogen-bond acceptors (Lipinski definition) is 3. The van der Waals surface area contributed by atoms with Crippen LogP contribution in [0.5, 0.6) is 0 Å². The van der Waals surface area contributed by atoms with Crippen LogP contribution in [0.2, 0.25) is 0 Å². The van der Waals surface area contributed by atoms with Gasteiger partial charge in [0.25, 0.3) is 0 Å². The molecule has 0 aliphatic heterocycles. The molecular weight excluding hydrogens is 348 g/mol. The summed E-state index contributed by atoms with van der Waals surface area (Å²) < 4.78 is 25.9. The Kier molecular flexibility index (Phi) is 5.76. The Morgan fingerprint density at radius 1 is 0.923 bits per heavy atom. The van der Waals surface area contributed by atoms with Gasteiger partial charge < -0.3 is 5.32 Å². The molecule has 2 rings (SSSR count). The fraction of sp³-hybridized carbons (Fsp3) is 0.350. The van der Waals surface area contributed by atoms with E-state index in [4.69, 9.17) is 0 Å². The minimum Gasteiger partial charge on any atom is -0.324 e. The molecule has 0 heterocycles. The maximum absolute atomic E-state index is 12.7. The molecule has 0 unspecified atom stereocenters. The number of anilines is 2. The van der Waals surface area contributed by atoms with Crippen molar-refractivity contribution in [1.82, 2.24) is 0 Å². The Hall–Kier alpha value is -2.34. The first kappa shape index (κ1) is 20.0. The third kappa shape index (κ3) is 4.43. The van der Waals surface area contributed by atoms with Gasteiger partial charge in [-0.25, -0.2) is 8.42 Å². The normalized spacial score (nSPS) is 12.5. The minimum absolute atomic E-state index is 0.378. The van der Waals surface area contributed by atoms with Crippen molar-refractivity contribution in [3.05, 3.63) is 58.7 Å². The minimum atomic E-state index is -3.63. The van der Waals surface area contributed by atoms with Crippen LogP contribution < -0.4 is 9.62 Å². The molecule has 0 aliphatic carbocycles. The number of carbonyl (C=O) groups is 1. The predicted octanol–water partition coefficient (Wildman–Crippen LogP) is 3.71. The van der Waals surface area contributed by atoms with Crippen LogP contribution in [0.15, 0.2) is 36.4 Å². The predicted molar refractivity (Wildman–Crippen MR) is 107 cm³/mol. The Balaban J connectivity index is 2.34. The van der Waals surface area contributed by atoms with E-state index in [0.717, 1.165) is 32.8 Å². The van der Waals surface area contributed by atoms with Gasteiger partial charge in [0.05, 0.1) is 11.9 Å². The van der Waals surface area contributed by atoms with Crippen LogP contribution in [0.25, 0.3) is 0 Å². The maximum atomic E-state index is 12.7. The van der Waals surface area contributed by atoms with Gasteiger partial charge in [0.15, 0.2) is 0 Å². The smallest absolute Gasteiger partial charge is 0.247 e. The summed E-state index contributed by atoms with van der Waals surface area (Å²) in [6.45, 7) is 9.42. The zero-order valence-electron chi connectivity index (χ0n) is 16.1. The van der Waals surface area contributed by atoms with Gasteiger partial charge in [0.2, 0.25) is 15.9 Å². The van der Waals surface area contributed by atoms with Crippen molar-refractivity contribution in [3.63, 3.8) is 0 Å². The molecular formula is C20H26N2O3S. The van der Waals surface area contributed by atoms with Crippen molar-refractivity contribution in [2.75, 3.05) is 15.9 Å². The maximum Gasteiger partial charge on any atom is 0.247 e. The molecule has 2 aromatic rings. The largest absolute Gasteiger partial charge is 0.324 e. The number of aryl methyl sites for hydroxylation is 4.